The second-order valence-electron chi connectivity index (χ2n) is 4.40. The summed E-state index contributed by atoms with van der Waals surface area (Å²) in [5.41, 5.74) is 1.42. The van der Waals surface area contributed by atoms with Crippen molar-refractivity contribution in [1.29, 1.82) is 0 Å². The van der Waals surface area contributed by atoms with E-state index in [1.165, 1.54) is 18.4 Å². The molecule has 0 N–H and O–H groups in total. The van der Waals surface area contributed by atoms with E-state index in [9.17, 15) is 0 Å². The van der Waals surface area contributed by atoms with Crippen molar-refractivity contribution in [3.8, 4) is 0 Å². The first-order chi connectivity index (χ1) is 8.33. The monoisotopic (exact) mass is 249 g/mol. The lowest BCUT2D eigenvalue weighted by Crippen LogP contribution is -2.22. The SMILES string of the molecule is Cc1nnc(CN2CCCC2c2ccsc2)o1. The minimum Gasteiger partial charge on any atom is -0.424 e. The number of aromatic nitrogens is 2. The first kappa shape index (κ1) is 10.9. The first-order valence-electron chi connectivity index (χ1n) is 5.88. The molecule has 0 spiro atoms. The van der Waals surface area contributed by atoms with Crippen LogP contribution in [0.1, 0.15) is 36.2 Å². The Bertz CT molecular complexity index is 480. The molecule has 1 unspecified atom stereocenters. The van der Waals surface area contributed by atoms with Crippen molar-refractivity contribution < 1.29 is 4.42 Å². The van der Waals surface area contributed by atoms with Crippen LogP contribution in [0.2, 0.25) is 0 Å². The van der Waals surface area contributed by atoms with Gasteiger partial charge >= 0.3 is 0 Å². The highest BCUT2D eigenvalue weighted by molar-refractivity contribution is 7.07. The normalized spacial score (nSPS) is 21.1. The lowest BCUT2D eigenvalue weighted by molar-refractivity contribution is 0.222. The van der Waals surface area contributed by atoms with Crippen molar-refractivity contribution >= 4 is 11.3 Å². The third kappa shape index (κ3) is 2.25. The van der Waals surface area contributed by atoms with Gasteiger partial charge in [0.1, 0.15) is 0 Å². The van der Waals surface area contributed by atoms with E-state index in [0.717, 1.165) is 19.0 Å². The van der Waals surface area contributed by atoms with Crippen LogP contribution < -0.4 is 0 Å². The maximum atomic E-state index is 5.45. The lowest BCUT2D eigenvalue weighted by atomic mass is 10.1. The van der Waals surface area contributed by atoms with E-state index in [1.54, 1.807) is 11.3 Å². The molecular weight excluding hydrogens is 234 g/mol. The second-order valence-corrected chi connectivity index (χ2v) is 5.18. The first-order valence-corrected chi connectivity index (χ1v) is 6.82. The fourth-order valence-electron chi connectivity index (χ4n) is 2.43. The van der Waals surface area contributed by atoms with Gasteiger partial charge in [0.25, 0.3) is 0 Å². The molecule has 3 rings (SSSR count). The molecule has 0 bridgehead atoms. The lowest BCUT2D eigenvalue weighted by Gasteiger charge is -2.21. The van der Waals surface area contributed by atoms with Crippen LogP contribution in [0.4, 0.5) is 0 Å². The zero-order valence-electron chi connectivity index (χ0n) is 9.80. The Morgan fingerprint density at radius 1 is 1.53 bits per heavy atom. The second kappa shape index (κ2) is 4.58. The van der Waals surface area contributed by atoms with Crippen molar-refractivity contribution in [2.45, 2.75) is 32.4 Å². The fourth-order valence-corrected chi connectivity index (χ4v) is 3.14. The molecule has 90 valence electrons. The van der Waals surface area contributed by atoms with Crippen molar-refractivity contribution in [2.75, 3.05) is 6.54 Å². The van der Waals surface area contributed by atoms with Crippen LogP contribution in [-0.2, 0) is 6.54 Å². The third-order valence-corrected chi connectivity index (χ3v) is 3.90. The minimum absolute atomic E-state index is 0.522. The van der Waals surface area contributed by atoms with Gasteiger partial charge in [-0.05, 0) is 41.8 Å². The molecule has 4 nitrogen and oxygen atoms in total. The number of nitrogens with zero attached hydrogens (tertiary/aromatic N) is 3. The highest BCUT2D eigenvalue weighted by Crippen LogP contribution is 2.33. The number of likely N-dealkylation sites (tertiary alicyclic amines) is 1. The molecule has 17 heavy (non-hydrogen) atoms. The number of aryl methyl sites for hydroxylation is 1. The van der Waals surface area contributed by atoms with E-state index in [2.05, 4.69) is 31.9 Å². The van der Waals surface area contributed by atoms with Crippen molar-refractivity contribution in [1.82, 2.24) is 15.1 Å². The molecule has 2 aromatic rings. The van der Waals surface area contributed by atoms with E-state index >= 15 is 0 Å². The van der Waals surface area contributed by atoms with Crippen LogP contribution in [0.15, 0.2) is 21.2 Å². The molecule has 0 saturated carbocycles. The van der Waals surface area contributed by atoms with Crippen LogP contribution in [0, 0.1) is 6.92 Å². The molecule has 1 atom stereocenters. The van der Waals surface area contributed by atoms with E-state index in [4.69, 9.17) is 4.42 Å². The van der Waals surface area contributed by atoms with Crippen LogP contribution in [0.3, 0.4) is 0 Å². The Hall–Kier alpha value is -1.20. The average Bonchev–Trinajstić information content (AvgIpc) is 3.00. The fraction of sp³-hybridized carbons (Fsp3) is 0.500. The van der Waals surface area contributed by atoms with E-state index in [0.29, 0.717) is 11.9 Å². The van der Waals surface area contributed by atoms with Crippen LogP contribution in [-0.4, -0.2) is 21.6 Å². The zero-order chi connectivity index (χ0) is 11.7. The Kier molecular flexibility index (Phi) is 2.94. The highest BCUT2D eigenvalue weighted by atomic mass is 32.1. The zero-order valence-corrected chi connectivity index (χ0v) is 10.6. The van der Waals surface area contributed by atoms with Gasteiger partial charge in [-0.2, -0.15) is 11.3 Å². The molecule has 3 heterocycles. The molecule has 0 aromatic carbocycles. The summed E-state index contributed by atoms with van der Waals surface area (Å²) in [6, 6.07) is 2.74. The highest BCUT2D eigenvalue weighted by Gasteiger charge is 2.27. The van der Waals surface area contributed by atoms with Gasteiger partial charge in [0.15, 0.2) is 0 Å². The maximum absolute atomic E-state index is 5.45. The minimum atomic E-state index is 0.522. The summed E-state index contributed by atoms with van der Waals surface area (Å²) in [4.78, 5) is 2.43. The van der Waals surface area contributed by atoms with Gasteiger partial charge in [-0.15, -0.1) is 10.2 Å². The maximum Gasteiger partial charge on any atom is 0.230 e. The summed E-state index contributed by atoms with van der Waals surface area (Å²) in [7, 11) is 0. The van der Waals surface area contributed by atoms with E-state index in [-0.39, 0.29) is 0 Å². The van der Waals surface area contributed by atoms with Gasteiger partial charge in [-0.25, -0.2) is 0 Å². The van der Waals surface area contributed by atoms with E-state index < -0.39 is 0 Å². The number of hydrogen-bond donors (Lipinski definition) is 0. The molecule has 1 saturated heterocycles. The Labute approximate surface area is 104 Å². The number of rotatable bonds is 3. The summed E-state index contributed by atoms with van der Waals surface area (Å²) >= 11 is 1.76. The van der Waals surface area contributed by atoms with E-state index in [1.807, 2.05) is 6.92 Å². The van der Waals surface area contributed by atoms with Gasteiger partial charge < -0.3 is 4.42 Å². The van der Waals surface area contributed by atoms with Gasteiger partial charge in [-0.3, -0.25) is 4.90 Å². The van der Waals surface area contributed by atoms with Crippen molar-refractivity contribution in [2.24, 2.45) is 0 Å². The Morgan fingerprint density at radius 3 is 3.18 bits per heavy atom. The molecule has 0 radical (unpaired) electrons. The third-order valence-electron chi connectivity index (χ3n) is 3.20. The van der Waals surface area contributed by atoms with Crippen LogP contribution in [0.5, 0.6) is 0 Å². The average molecular weight is 249 g/mol. The van der Waals surface area contributed by atoms with Crippen molar-refractivity contribution in [3.05, 3.63) is 34.2 Å². The molecule has 5 heteroatoms. The molecule has 1 aliphatic rings. The molecule has 0 amide bonds. The molecule has 1 aliphatic heterocycles. The summed E-state index contributed by atoms with van der Waals surface area (Å²) < 4.78 is 5.45. The quantitative estimate of drug-likeness (QED) is 0.839. The number of thiophene rings is 1. The van der Waals surface area contributed by atoms with Crippen LogP contribution >= 0.6 is 11.3 Å². The molecule has 2 aromatic heterocycles. The predicted octanol–water partition coefficient (Wildman–Crippen LogP) is 2.78. The molecule has 1 fully saturated rings. The Balaban J connectivity index is 1.74. The predicted molar refractivity (Wildman–Crippen MR) is 65.7 cm³/mol. The van der Waals surface area contributed by atoms with Crippen LogP contribution in [0.25, 0.3) is 0 Å². The van der Waals surface area contributed by atoms with Gasteiger partial charge in [-0.1, -0.05) is 0 Å². The molecular formula is C12H15N3OS. The summed E-state index contributed by atoms with van der Waals surface area (Å²) in [5, 5.41) is 12.3. The molecule has 0 aliphatic carbocycles. The standard InChI is InChI=1S/C12H15N3OS/c1-9-13-14-12(16-9)7-15-5-2-3-11(15)10-4-6-17-8-10/h4,6,8,11H,2-3,5,7H2,1H3. The largest absolute Gasteiger partial charge is 0.424 e. The van der Waals surface area contributed by atoms with Gasteiger partial charge in [0.05, 0.1) is 6.54 Å². The topological polar surface area (TPSA) is 42.2 Å². The van der Waals surface area contributed by atoms with Gasteiger partial charge in [0, 0.05) is 13.0 Å². The Morgan fingerprint density at radius 2 is 2.47 bits per heavy atom. The summed E-state index contributed by atoms with van der Waals surface area (Å²) in [6.45, 7) is 3.71. The van der Waals surface area contributed by atoms with Crippen molar-refractivity contribution in [3.63, 3.8) is 0 Å². The smallest absolute Gasteiger partial charge is 0.230 e. The number of hydrogen-bond acceptors (Lipinski definition) is 5. The van der Waals surface area contributed by atoms with Gasteiger partial charge in [0.2, 0.25) is 11.8 Å². The summed E-state index contributed by atoms with van der Waals surface area (Å²) in [6.07, 6.45) is 2.47. The summed E-state index contributed by atoms with van der Waals surface area (Å²) in [5.74, 6) is 1.37.